The molecule has 0 aliphatic heterocycles. The Morgan fingerprint density at radius 2 is 1.84 bits per heavy atom. The molecule has 1 heterocycles. The molecule has 2 aromatic rings. The molecule has 0 unspecified atom stereocenters. The van der Waals surface area contributed by atoms with Crippen LogP contribution < -0.4 is 5.32 Å². The van der Waals surface area contributed by atoms with Crippen LogP contribution >= 0.6 is 22.9 Å². The molecule has 0 amide bonds. The van der Waals surface area contributed by atoms with Gasteiger partial charge < -0.3 is 10.4 Å². The predicted molar refractivity (Wildman–Crippen MR) is 84.1 cm³/mol. The Morgan fingerprint density at radius 1 is 1.21 bits per heavy atom. The summed E-state index contributed by atoms with van der Waals surface area (Å²) in [6, 6.07) is 8.14. The third-order valence-electron chi connectivity index (χ3n) is 3.82. The Hall–Kier alpha value is -0.610. The Kier molecular flexibility index (Phi) is 3.94. The summed E-state index contributed by atoms with van der Waals surface area (Å²) in [5, 5.41) is 15.5. The first-order chi connectivity index (χ1) is 8.72. The van der Waals surface area contributed by atoms with Gasteiger partial charge in [0.25, 0.3) is 0 Å². The van der Waals surface area contributed by atoms with Crippen molar-refractivity contribution >= 4 is 33.0 Å². The SMILES string of the molecule is CC(C)(O)C(C)(C)NCc1sc2ccccc2c1Cl. The minimum Gasteiger partial charge on any atom is -0.389 e. The first kappa shape index (κ1) is 14.8. The number of aliphatic hydroxyl groups is 1. The maximum Gasteiger partial charge on any atom is 0.0767 e. The van der Waals surface area contributed by atoms with Crippen molar-refractivity contribution in [2.45, 2.75) is 45.4 Å². The van der Waals surface area contributed by atoms with Crippen molar-refractivity contribution in [2.75, 3.05) is 0 Å². The van der Waals surface area contributed by atoms with Crippen molar-refractivity contribution in [1.82, 2.24) is 5.32 Å². The van der Waals surface area contributed by atoms with E-state index < -0.39 is 5.60 Å². The van der Waals surface area contributed by atoms with Crippen molar-refractivity contribution < 1.29 is 5.11 Å². The summed E-state index contributed by atoms with van der Waals surface area (Å²) in [6.45, 7) is 8.27. The summed E-state index contributed by atoms with van der Waals surface area (Å²) in [5.74, 6) is 0. The monoisotopic (exact) mass is 297 g/mol. The second-order valence-corrected chi connectivity index (χ2v) is 7.39. The lowest BCUT2D eigenvalue weighted by molar-refractivity contribution is -0.00519. The number of hydrogen-bond donors (Lipinski definition) is 2. The van der Waals surface area contributed by atoms with Gasteiger partial charge in [-0.3, -0.25) is 0 Å². The van der Waals surface area contributed by atoms with E-state index in [4.69, 9.17) is 11.6 Å². The smallest absolute Gasteiger partial charge is 0.0767 e. The lowest BCUT2D eigenvalue weighted by atomic mass is 9.86. The largest absolute Gasteiger partial charge is 0.389 e. The molecule has 104 valence electrons. The first-order valence-corrected chi connectivity index (χ1v) is 7.55. The van der Waals surface area contributed by atoms with Crippen LogP contribution in [0.2, 0.25) is 5.02 Å². The van der Waals surface area contributed by atoms with Crippen LogP contribution in [0.15, 0.2) is 24.3 Å². The molecule has 1 aromatic heterocycles. The highest BCUT2D eigenvalue weighted by Crippen LogP contribution is 2.35. The molecule has 0 atom stereocenters. The molecule has 0 saturated heterocycles. The van der Waals surface area contributed by atoms with Gasteiger partial charge in [-0.15, -0.1) is 11.3 Å². The van der Waals surface area contributed by atoms with Crippen molar-refractivity contribution in [3.8, 4) is 0 Å². The van der Waals surface area contributed by atoms with Gasteiger partial charge in [0.15, 0.2) is 0 Å². The zero-order valence-electron chi connectivity index (χ0n) is 11.7. The number of hydrogen-bond acceptors (Lipinski definition) is 3. The molecule has 19 heavy (non-hydrogen) atoms. The highest BCUT2D eigenvalue weighted by molar-refractivity contribution is 7.19. The first-order valence-electron chi connectivity index (χ1n) is 6.36. The van der Waals surface area contributed by atoms with Gasteiger partial charge >= 0.3 is 0 Å². The Morgan fingerprint density at radius 3 is 2.42 bits per heavy atom. The lowest BCUT2D eigenvalue weighted by Gasteiger charge is -2.38. The minimum atomic E-state index is -0.795. The third-order valence-corrected chi connectivity index (χ3v) is 5.54. The molecule has 2 nitrogen and oxygen atoms in total. The van der Waals surface area contributed by atoms with Gasteiger partial charge in [-0.2, -0.15) is 0 Å². The molecule has 0 spiro atoms. The van der Waals surface area contributed by atoms with Gasteiger partial charge in [-0.1, -0.05) is 29.8 Å². The van der Waals surface area contributed by atoms with E-state index in [1.54, 1.807) is 11.3 Å². The minimum absolute atomic E-state index is 0.382. The van der Waals surface area contributed by atoms with Crippen LogP contribution in [0.5, 0.6) is 0 Å². The van der Waals surface area contributed by atoms with Crippen LogP contribution in [-0.2, 0) is 6.54 Å². The molecule has 0 fully saturated rings. The number of benzene rings is 1. The van der Waals surface area contributed by atoms with Crippen LogP contribution in [0.4, 0.5) is 0 Å². The van der Waals surface area contributed by atoms with Crippen LogP contribution in [0.1, 0.15) is 32.6 Å². The van der Waals surface area contributed by atoms with Crippen molar-refractivity contribution in [2.24, 2.45) is 0 Å². The molecule has 0 saturated carbocycles. The number of thiophene rings is 1. The van der Waals surface area contributed by atoms with Crippen LogP contribution in [-0.4, -0.2) is 16.2 Å². The summed E-state index contributed by atoms with van der Waals surface area (Å²) >= 11 is 8.11. The molecule has 0 bridgehead atoms. The van der Waals surface area contributed by atoms with Crippen LogP contribution in [0.25, 0.3) is 10.1 Å². The molecular formula is C15H20ClNOS. The molecule has 2 rings (SSSR count). The summed E-state index contributed by atoms with van der Waals surface area (Å²) in [6.07, 6.45) is 0. The van der Waals surface area contributed by atoms with Crippen molar-refractivity contribution in [3.05, 3.63) is 34.2 Å². The lowest BCUT2D eigenvalue weighted by Crippen LogP contribution is -2.55. The van der Waals surface area contributed by atoms with E-state index in [2.05, 4.69) is 11.4 Å². The third kappa shape index (κ3) is 2.95. The van der Waals surface area contributed by atoms with E-state index in [-0.39, 0.29) is 5.54 Å². The standard InChI is InChI=1S/C15H20ClNOS/c1-14(2,15(3,4)18)17-9-12-13(16)10-7-5-6-8-11(10)19-12/h5-8,17-18H,9H2,1-4H3. The number of halogens is 1. The van der Waals surface area contributed by atoms with Gasteiger partial charge in [0, 0.05) is 27.0 Å². The number of rotatable bonds is 4. The highest BCUT2D eigenvalue weighted by Gasteiger charge is 2.34. The quantitative estimate of drug-likeness (QED) is 0.887. The van der Waals surface area contributed by atoms with Gasteiger partial charge in [0.2, 0.25) is 0 Å². The fourth-order valence-electron chi connectivity index (χ4n) is 1.70. The molecule has 2 N–H and O–H groups in total. The summed E-state index contributed by atoms with van der Waals surface area (Å²) in [7, 11) is 0. The molecule has 0 radical (unpaired) electrons. The summed E-state index contributed by atoms with van der Waals surface area (Å²) in [4.78, 5) is 1.11. The van der Waals surface area contributed by atoms with E-state index in [9.17, 15) is 5.11 Å². The van der Waals surface area contributed by atoms with Crippen molar-refractivity contribution in [3.63, 3.8) is 0 Å². The van der Waals surface area contributed by atoms with E-state index in [1.807, 2.05) is 45.9 Å². The van der Waals surface area contributed by atoms with Gasteiger partial charge in [0.05, 0.1) is 10.6 Å². The fourth-order valence-corrected chi connectivity index (χ4v) is 3.14. The maximum atomic E-state index is 10.1. The Balaban J connectivity index is 2.21. The van der Waals surface area contributed by atoms with Crippen LogP contribution in [0.3, 0.4) is 0 Å². The van der Waals surface area contributed by atoms with E-state index >= 15 is 0 Å². The topological polar surface area (TPSA) is 32.3 Å². The predicted octanol–water partition coefficient (Wildman–Crippen LogP) is 4.19. The zero-order chi connectivity index (χ0) is 14.3. The molecule has 4 heteroatoms. The van der Waals surface area contributed by atoms with Gasteiger partial charge in [-0.25, -0.2) is 0 Å². The van der Waals surface area contributed by atoms with Crippen molar-refractivity contribution in [1.29, 1.82) is 0 Å². The van der Waals surface area contributed by atoms with E-state index in [1.165, 1.54) is 4.70 Å². The normalized spacial score (nSPS) is 13.2. The Bertz CT molecular complexity index is 583. The maximum absolute atomic E-state index is 10.1. The van der Waals surface area contributed by atoms with Gasteiger partial charge in [0.1, 0.15) is 0 Å². The second-order valence-electron chi connectivity index (χ2n) is 5.87. The van der Waals surface area contributed by atoms with E-state index in [0.29, 0.717) is 6.54 Å². The molecular weight excluding hydrogens is 278 g/mol. The van der Waals surface area contributed by atoms with Gasteiger partial charge in [-0.05, 0) is 33.8 Å². The average Bonchev–Trinajstić information content (AvgIpc) is 2.63. The average molecular weight is 298 g/mol. The highest BCUT2D eigenvalue weighted by atomic mass is 35.5. The van der Waals surface area contributed by atoms with E-state index in [0.717, 1.165) is 15.3 Å². The summed E-state index contributed by atoms with van der Waals surface area (Å²) in [5.41, 5.74) is -1.18. The molecule has 1 aromatic carbocycles. The zero-order valence-corrected chi connectivity index (χ0v) is 13.3. The number of nitrogens with one attached hydrogen (secondary N) is 1. The molecule has 0 aliphatic carbocycles. The number of fused-ring (bicyclic) bond motifs is 1. The van der Waals surface area contributed by atoms with Crippen LogP contribution in [0, 0.1) is 0 Å². The summed E-state index contributed by atoms with van der Waals surface area (Å²) < 4.78 is 1.20. The fraction of sp³-hybridized carbons (Fsp3) is 0.467. The molecule has 0 aliphatic rings. The second kappa shape index (κ2) is 5.06. The Labute approximate surface area is 123 Å².